The summed E-state index contributed by atoms with van der Waals surface area (Å²) in [7, 11) is 0. The summed E-state index contributed by atoms with van der Waals surface area (Å²) in [6, 6.07) is 0. The summed E-state index contributed by atoms with van der Waals surface area (Å²) in [5.41, 5.74) is 2.04. The second kappa shape index (κ2) is 35.0. The van der Waals surface area contributed by atoms with Gasteiger partial charge in [0.15, 0.2) is 6.29 Å². The van der Waals surface area contributed by atoms with E-state index in [0.29, 0.717) is 25.4 Å². The molecular formula is C65H108O7. The predicted molar refractivity (Wildman–Crippen MR) is 299 cm³/mol. The molecule has 1 saturated heterocycles. The van der Waals surface area contributed by atoms with Gasteiger partial charge in [0.2, 0.25) is 0 Å². The molecule has 410 valence electrons. The summed E-state index contributed by atoms with van der Waals surface area (Å²) < 4.78 is 30.7. The number of hydrogen-bond donors (Lipinski definition) is 0. The number of carbonyl (C=O) groups excluding carboxylic acids is 2. The molecule has 0 aromatic heterocycles. The van der Waals surface area contributed by atoms with Crippen molar-refractivity contribution in [1.29, 1.82) is 0 Å². The number of unbranched alkanes of at least 4 members (excludes halogenated alkanes) is 19. The Morgan fingerprint density at radius 2 is 1.24 bits per heavy atom. The van der Waals surface area contributed by atoms with Crippen LogP contribution in [0.15, 0.2) is 60.3 Å². The molecule has 3 saturated carbocycles. The van der Waals surface area contributed by atoms with Crippen LogP contribution < -0.4 is 0 Å². The minimum absolute atomic E-state index is 0.00192. The maximum Gasteiger partial charge on any atom is 0.306 e. The molecule has 4 aliphatic carbocycles. The van der Waals surface area contributed by atoms with Crippen LogP contribution in [0.2, 0.25) is 0 Å². The highest BCUT2D eigenvalue weighted by Gasteiger charge is 2.60. The normalized spacial score (nSPS) is 28.7. The van der Waals surface area contributed by atoms with Crippen LogP contribution >= 0.6 is 0 Å². The maximum absolute atomic E-state index is 12.9. The summed E-state index contributed by atoms with van der Waals surface area (Å²) in [6.07, 6.45) is 61.9. The second-order valence-corrected chi connectivity index (χ2v) is 23.5. The molecular weight excluding hydrogens is 893 g/mol. The number of esters is 2. The highest BCUT2D eigenvalue weighted by molar-refractivity contribution is 5.69. The molecule has 0 amide bonds. The van der Waals surface area contributed by atoms with Crippen molar-refractivity contribution in [3.8, 4) is 0 Å². The second-order valence-electron chi connectivity index (χ2n) is 23.5. The van der Waals surface area contributed by atoms with E-state index < -0.39 is 0 Å². The van der Waals surface area contributed by atoms with Crippen LogP contribution in [0.1, 0.15) is 266 Å². The number of hydrogen-bond acceptors (Lipinski definition) is 7. The van der Waals surface area contributed by atoms with Gasteiger partial charge in [-0.1, -0.05) is 178 Å². The van der Waals surface area contributed by atoms with Gasteiger partial charge < -0.3 is 23.7 Å². The van der Waals surface area contributed by atoms with Gasteiger partial charge in [-0.2, -0.15) is 0 Å². The molecule has 7 heteroatoms. The topological polar surface area (TPSA) is 80.3 Å². The van der Waals surface area contributed by atoms with Gasteiger partial charge in [0.1, 0.15) is 18.8 Å². The van der Waals surface area contributed by atoms with E-state index in [1.165, 1.54) is 122 Å². The SMILES string of the molecule is CCCCC/C=C/C(/C=C/CCCCCCCC(=O)OCC1COC(CCCC/C=C/C/C=C/CCCCCCCC)O1)OC1C=C2CC[C@@H]3C(CC[C@@]4(C)C3CC[C@@H]4OC(=O)CCCCCC)[C@@]2(C)CC1. The van der Waals surface area contributed by atoms with E-state index >= 15 is 0 Å². The van der Waals surface area contributed by atoms with Crippen LogP contribution in [-0.4, -0.2) is 55.9 Å². The maximum atomic E-state index is 12.9. The molecule has 4 fully saturated rings. The smallest absolute Gasteiger partial charge is 0.306 e. The fraction of sp³-hybridized carbons (Fsp3) is 0.815. The Bertz CT molecular complexity index is 1640. The first-order valence-corrected chi connectivity index (χ1v) is 30.8. The minimum Gasteiger partial charge on any atom is -0.463 e. The van der Waals surface area contributed by atoms with Crippen LogP contribution in [0, 0.1) is 28.6 Å². The zero-order valence-corrected chi connectivity index (χ0v) is 47.0. The van der Waals surface area contributed by atoms with Crippen molar-refractivity contribution in [2.75, 3.05) is 13.2 Å². The lowest BCUT2D eigenvalue weighted by Gasteiger charge is -2.58. The highest BCUT2D eigenvalue weighted by atomic mass is 16.7. The molecule has 1 aliphatic heterocycles. The summed E-state index contributed by atoms with van der Waals surface area (Å²) >= 11 is 0. The molecule has 0 bridgehead atoms. The van der Waals surface area contributed by atoms with Gasteiger partial charge >= 0.3 is 11.9 Å². The average molecular weight is 1000 g/mol. The third-order valence-electron chi connectivity index (χ3n) is 17.8. The third-order valence-corrected chi connectivity index (χ3v) is 17.8. The van der Waals surface area contributed by atoms with Crippen LogP contribution in [0.4, 0.5) is 0 Å². The van der Waals surface area contributed by atoms with Crippen molar-refractivity contribution in [2.24, 2.45) is 28.6 Å². The number of fused-ring (bicyclic) bond motifs is 5. The fourth-order valence-electron chi connectivity index (χ4n) is 13.4. The van der Waals surface area contributed by atoms with E-state index in [0.717, 1.165) is 108 Å². The molecule has 1 heterocycles. The number of rotatable bonds is 38. The van der Waals surface area contributed by atoms with Gasteiger partial charge in [0.05, 0.1) is 18.8 Å². The Kier molecular flexibility index (Phi) is 29.3. The quantitative estimate of drug-likeness (QED) is 0.0346. The third kappa shape index (κ3) is 20.9. The summed E-state index contributed by atoms with van der Waals surface area (Å²) in [5.74, 6) is 2.04. The Balaban J connectivity index is 0.921. The van der Waals surface area contributed by atoms with Crippen molar-refractivity contribution in [2.45, 2.75) is 296 Å². The number of carbonyl (C=O) groups is 2. The Morgan fingerprint density at radius 3 is 1.94 bits per heavy atom. The van der Waals surface area contributed by atoms with Gasteiger partial charge in [-0.05, 0) is 158 Å². The average Bonchev–Trinajstić information content (AvgIpc) is 3.98. The van der Waals surface area contributed by atoms with E-state index in [4.69, 9.17) is 23.7 Å². The summed E-state index contributed by atoms with van der Waals surface area (Å²) in [6.45, 7) is 12.6. The van der Waals surface area contributed by atoms with Gasteiger partial charge in [-0.15, -0.1) is 0 Å². The molecule has 6 unspecified atom stereocenters. The lowest BCUT2D eigenvalue weighted by atomic mass is 9.47. The highest BCUT2D eigenvalue weighted by Crippen LogP contribution is 2.66. The van der Waals surface area contributed by atoms with Crippen LogP contribution in [0.25, 0.3) is 0 Å². The Labute approximate surface area is 442 Å². The van der Waals surface area contributed by atoms with E-state index in [1.54, 1.807) is 5.57 Å². The van der Waals surface area contributed by atoms with Crippen molar-refractivity contribution in [3.05, 3.63) is 60.3 Å². The molecule has 0 N–H and O–H groups in total. The molecule has 0 radical (unpaired) electrons. The molecule has 0 aromatic carbocycles. The van der Waals surface area contributed by atoms with Crippen LogP contribution in [0.3, 0.4) is 0 Å². The standard InChI is InChI=1S/C65H108O7/c1-6-9-12-15-16-17-18-19-20-21-22-23-27-31-36-41-63-69-52-56(71-63)51-68-61(66)39-35-30-26-24-25-29-33-38-54(37-32-28-13-10-7-2)70-55-46-48-64(4)53(50-55)42-43-57-58-44-45-60(65(58,5)49-47-59(57)64)72-62(67)40-34-14-11-8-3/h19-20,22-23,32-33,37-38,50,54-60,63H,6-18,21,24-31,34-36,39-49,51-52H2,1-5H3/b20-19+,23-22+,37-32+,38-33+/t54?,55?,56?,57-,58?,59?,60-,63?,64-,65-/m0/s1. The van der Waals surface area contributed by atoms with Crippen molar-refractivity contribution < 1.29 is 33.3 Å². The fourth-order valence-corrected chi connectivity index (χ4v) is 13.4. The van der Waals surface area contributed by atoms with Gasteiger partial charge in [-0.3, -0.25) is 9.59 Å². The lowest BCUT2D eigenvalue weighted by molar-refractivity contribution is -0.160. The zero-order valence-electron chi connectivity index (χ0n) is 47.0. The molecule has 10 atom stereocenters. The molecule has 5 aliphatic rings. The first kappa shape index (κ1) is 60.4. The number of allylic oxidation sites excluding steroid dienone is 7. The minimum atomic E-state index is -0.179. The number of ether oxygens (including phenoxy) is 5. The Morgan fingerprint density at radius 1 is 0.639 bits per heavy atom. The summed E-state index contributed by atoms with van der Waals surface area (Å²) in [4.78, 5) is 25.4. The van der Waals surface area contributed by atoms with E-state index in [-0.39, 0.29) is 60.1 Å². The molecule has 0 spiro atoms. The zero-order chi connectivity index (χ0) is 51.1. The van der Waals surface area contributed by atoms with Crippen LogP contribution in [-0.2, 0) is 33.3 Å². The van der Waals surface area contributed by atoms with E-state index in [1.807, 2.05) is 0 Å². The van der Waals surface area contributed by atoms with E-state index in [2.05, 4.69) is 89.3 Å². The molecule has 5 rings (SSSR count). The monoisotopic (exact) mass is 1000 g/mol. The Hall–Kier alpha value is -2.48. The van der Waals surface area contributed by atoms with Gasteiger partial charge in [-0.25, -0.2) is 0 Å². The largest absolute Gasteiger partial charge is 0.463 e. The first-order chi connectivity index (χ1) is 35.2. The predicted octanol–water partition coefficient (Wildman–Crippen LogP) is 18.1. The first-order valence-electron chi connectivity index (χ1n) is 30.8. The van der Waals surface area contributed by atoms with Gasteiger partial charge in [0.25, 0.3) is 0 Å². The molecule has 7 nitrogen and oxygen atoms in total. The van der Waals surface area contributed by atoms with Crippen molar-refractivity contribution >= 4 is 11.9 Å². The van der Waals surface area contributed by atoms with E-state index in [9.17, 15) is 9.59 Å². The lowest BCUT2D eigenvalue weighted by Crippen LogP contribution is -2.52. The van der Waals surface area contributed by atoms with Crippen molar-refractivity contribution in [3.63, 3.8) is 0 Å². The van der Waals surface area contributed by atoms with Crippen LogP contribution in [0.5, 0.6) is 0 Å². The molecule has 72 heavy (non-hydrogen) atoms. The van der Waals surface area contributed by atoms with Gasteiger partial charge in [0, 0.05) is 18.3 Å². The molecule has 0 aromatic rings. The summed E-state index contributed by atoms with van der Waals surface area (Å²) in [5, 5.41) is 0. The van der Waals surface area contributed by atoms with Crippen molar-refractivity contribution in [1.82, 2.24) is 0 Å².